The van der Waals surface area contributed by atoms with Crippen molar-refractivity contribution in [1.29, 1.82) is 0 Å². The highest BCUT2D eigenvalue weighted by molar-refractivity contribution is 5.81. The summed E-state index contributed by atoms with van der Waals surface area (Å²) in [6.07, 6.45) is 6.23. The van der Waals surface area contributed by atoms with Gasteiger partial charge in [-0.3, -0.25) is 4.98 Å². The van der Waals surface area contributed by atoms with Crippen LogP contribution >= 0.6 is 0 Å². The molecule has 0 radical (unpaired) electrons. The van der Waals surface area contributed by atoms with Crippen LogP contribution in [0.3, 0.4) is 0 Å². The maximum absolute atomic E-state index is 4.85. The predicted molar refractivity (Wildman–Crippen MR) is 198 cm³/mol. The van der Waals surface area contributed by atoms with Gasteiger partial charge in [0.15, 0.2) is 5.82 Å². The topological polar surface area (TPSA) is 56.5 Å². The minimum atomic E-state index is -0.825. The maximum Gasteiger partial charge on any atom is 0.184 e. The lowest BCUT2D eigenvalue weighted by Gasteiger charge is -2.36. The highest BCUT2D eigenvalue weighted by Crippen LogP contribution is 2.43. The van der Waals surface area contributed by atoms with Gasteiger partial charge in [0.2, 0.25) is 0 Å². The fourth-order valence-electron chi connectivity index (χ4n) is 7.02. The van der Waals surface area contributed by atoms with Crippen molar-refractivity contribution >= 4 is 0 Å². The minimum Gasteiger partial charge on any atom is -0.261 e. The summed E-state index contributed by atoms with van der Waals surface area (Å²) in [6, 6.07) is 49.0. The molecule has 2 aromatic heterocycles. The van der Waals surface area contributed by atoms with E-state index in [9.17, 15) is 0 Å². The summed E-state index contributed by atoms with van der Waals surface area (Å²) in [5, 5.41) is 13.9. The van der Waals surface area contributed by atoms with Gasteiger partial charge in [-0.15, -0.1) is 5.10 Å². The summed E-state index contributed by atoms with van der Waals surface area (Å²) < 4.78 is 2.01. The number of nitrogens with zero attached hydrogens (tertiary/aromatic N) is 5. The van der Waals surface area contributed by atoms with Gasteiger partial charge in [-0.2, -0.15) is 0 Å². The van der Waals surface area contributed by atoms with Crippen LogP contribution in [0.4, 0.5) is 0 Å². The fraction of sp³-hybridized carbons (Fsp3) is 0.182. The van der Waals surface area contributed by atoms with Gasteiger partial charge in [-0.05, 0) is 93.6 Å². The van der Waals surface area contributed by atoms with Crippen LogP contribution in [0.5, 0.6) is 0 Å². The Balaban J connectivity index is 1.34. The van der Waals surface area contributed by atoms with Crippen molar-refractivity contribution in [2.45, 2.75) is 52.0 Å². The average Bonchev–Trinajstić information content (AvgIpc) is 3.65. The second kappa shape index (κ2) is 14.2. The third-order valence-electron chi connectivity index (χ3n) is 9.75. The monoisotopic (exact) mass is 639 g/mol. The van der Waals surface area contributed by atoms with Crippen LogP contribution in [0.25, 0.3) is 22.5 Å². The Kier molecular flexibility index (Phi) is 9.25. The third kappa shape index (κ3) is 6.09. The van der Waals surface area contributed by atoms with Crippen molar-refractivity contribution in [2.75, 3.05) is 0 Å². The van der Waals surface area contributed by atoms with Crippen molar-refractivity contribution in [1.82, 2.24) is 25.2 Å². The smallest absolute Gasteiger partial charge is 0.184 e. The van der Waals surface area contributed by atoms with E-state index < -0.39 is 5.54 Å². The molecule has 0 N–H and O–H groups in total. The number of hydrogen-bond acceptors (Lipinski definition) is 4. The molecule has 7 aromatic rings. The lowest BCUT2D eigenvalue weighted by molar-refractivity contribution is 0.451. The molecule has 5 aromatic carbocycles. The molecule has 0 aliphatic carbocycles. The molecule has 0 saturated carbocycles. The van der Waals surface area contributed by atoms with E-state index in [2.05, 4.69) is 147 Å². The normalized spacial score (nSPS) is 11.5. The largest absolute Gasteiger partial charge is 0.261 e. The molecule has 0 amide bonds. The maximum atomic E-state index is 4.85. The zero-order chi connectivity index (χ0) is 33.6. The number of tetrazole rings is 1. The summed E-state index contributed by atoms with van der Waals surface area (Å²) in [5.41, 5.74) is 12.0. The molecule has 0 atom stereocenters. The lowest BCUT2D eigenvalue weighted by atomic mass is 9.77. The van der Waals surface area contributed by atoms with E-state index in [1.807, 2.05) is 29.1 Å². The van der Waals surface area contributed by atoms with E-state index in [0.29, 0.717) is 5.82 Å². The van der Waals surface area contributed by atoms with Gasteiger partial charge in [-0.1, -0.05) is 153 Å². The number of hydrogen-bond donors (Lipinski definition) is 0. The van der Waals surface area contributed by atoms with E-state index in [1.165, 1.54) is 27.9 Å². The number of unbranched alkanes of at least 4 members (excludes halogenated alkanes) is 1. The highest BCUT2D eigenvalue weighted by Gasteiger charge is 2.42. The molecule has 49 heavy (non-hydrogen) atoms. The molecule has 0 aliphatic rings. The van der Waals surface area contributed by atoms with Crippen molar-refractivity contribution in [3.05, 3.63) is 190 Å². The van der Waals surface area contributed by atoms with Gasteiger partial charge < -0.3 is 0 Å². The minimum absolute atomic E-state index is 0.693. The summed E-state index contributed by atoms with van der Waals surface area (Å²) in [7, 11) is 0. The van der Waals surface area contributed by atoms with Crippen LogP contribution in [0, 0.1) is 13.8 Å². The Hall–Kier alpha value is -5.68. The van der Waals surface area contributed by atoms with Crippen LogP contribution in [0.2, 0.25) is 0 Å². The molecule has 5 heteroatoms. The molecular formula is C44H41N5. The molecule has 242 valence electrons. The zero-order valence-corrected chi connectivity index (χ0v) is 28.4. The van der Waals surface area contributed by atoms with Gasteiger partial charge >= 0.3 is 0 Å². The van der Waals surface area contributed by atoms with Crippen LogP contribution in [0.1, 0.15) is 64.4 Å². The first-order chi connectivity index (χ1) is 24.1. The fourth-order valence-corrected chi connectivity index (χ4v) is 7.02. The van der Waals surface area contributed by atoms with Crippen LogP contribution in [-0.4, -0.2) is 25.2 Å². The first kappa shape index (κ1) is 31.9. The van der Waals surface area contributed by atoms with E-state index in [0.717, 1.165) is 59.1 Å². The molecule has 5 nitrogen and oxygen atoms in total. The number of aromatic nitrogens is 5. The first-order valence-corrected chi connectivity index (χ1v) is 17.2. The molecular weight excluding hydrogens is 599 g/mol. The van der Waals surface area contributed by atoms with E-state index in [-0.39, 0.29) is 0 Å². The summed E-state index contributed by atoms with van der Waals surface area (Å²) >= 11 is 0. The highest BCUT2D eigenvalue weighted by atomic mass is 15.6. The van der Waals surface area contributed by atoms with Crippen molar-refractivity contribution in [3.63, 3.8) is 0 Å². The van der Waals surface area contributed by atoms with Gasteiger partial charge in [0, 0.05) is 17.5 Å². The second-order valence-corrected chi connectivity index (χ2v) is 12.7. The van der Waals surface area contributed by atoms with Crippen molar-refractivity contribution < 1.29 is 0 Å². The second-order valence-electron chi connectivity index (χ2n) is 12.7. The van der Waals surface area contributed by atoms with Crippen molar-refractivity contribution in [2.24, 2.45) is 0 Å². The summed E-state index contributed by atoms with van der Waals surface area (Å²) in [5.74, 6) is 0.693. The molecule has 2 heterocycles. The zero-order valence-electron chi connectivity index (χ0n) is 28.4. The van der Waals surface area contributed by atoms with Crippen LogP contribution in [0.15, 0.2) is 146 Å². The van der Waals surface area contributed by atoms with E-state index in [1.54, 1.807) is 0 Å². The van der Waals surface area contributed by atoms with Crippen molar-refractivity contribution in [3.8, 4) is 22.5 Å². The number of aryl methyl sites for hydroxylation is 2. The third-order valence-corrected chi connectivity index (χ3v) is 9.75. The Morgan fingerprint density at radius 2 is 1.18 bits per heavy atom. The molecule has 0 unspecified atom stereocenters. The number of rotatable bonds is 11. The van der Waals surface area contributed by atoms with Gasteiger partial charge in [0.05, 0.1) is 0 Å². The van der Waals surface area contributed by atoms with Crippen LogP contribution in [-0.2, 0) is 18.4 Å². The SMILES string of the molecule is CCCCc1ncc(C)c(C)c1Cc1ccc(-c2ccccc2-c2nnnn2C(c2ccccc2)(c2ccccc2)c2ccccc2)cc1. The number of pyridine rings is 1. The Morgan fingerprint density at radius 3 is 1.76 bits per heavy atom. The molecule has 7 rings (SSSR count). The molecule has 0 fully saturated rings. The lowest BCUT2D eigenvalue weighted by Crippen LogP contribution is -2.39. The Morgan fingerprint density at radius 1 is 0.633 bits per heavy atom. The molecule has 0 spiro atoms. The molecule has 0 saturated heterocycles. The molecule has 0 bridgehead atoms. The average molecular weight is 640 g/mol. The Labute approximate surface area is 289 Å². The van der Waals surface area contributed by atoms with Gasteiger partial charge in [0.25, 0.3) is 0 Å². The van der Waals surface area contributed by atoms with E-state index in [4.69, 9.17) is 15.3 Å². The number of benzene rings is 5. The van der Waals surface area contributed by atoms with E-state index >= 15 is 0 Å². The van der Waals surface area contributed by atoms with Crippen LogP contribution < -0.4 is 0 Å². The van der Waals surface area contributed by atoms with Gasteiger partial charge in [0.1, 0.15) is 5.54 Å². The first-order valence-electron chi connectivity index (χ1n) is 17.2. The van der Waals surface area contributed by atoms with Gasteiger partial charge in [-0.25, -0.2) is 4.68 Å². The summed E-state index contributed by atoms with van der Waals surface area (Å²) in [6.45, 7) is 6.63. The standard InChI is InChI=1S/C44H41N5/c1-4-5-25-42-41(33(3)32(2)31-45-42)30-34-26-28-35(29-27-34)39-23-15-16-24-40(39)43-46-47-48-49(43)44(36-17-9-6-10-18-36,37-19-11-7-12-20-37)38-21-13-8-14-22-38/h6-24,26-29,31H,4-5,25,30H2,1-3H3. The summed E-state index contributed by atoms with van der Waals surface area (Å²) in [4.78, 5) is 4.85. The quantitative estimate of drug-likeness (QED) is 0.132. The Bertz CT molecular complexity index is 2040. The predicted octanol–water partition coefficient (Wildman–Crippen LogP) is 9.79. The molecule has 0 aliphatic heterocycles.